The highest BCUT2D eigenvalue weighted by atomic mass is 32.2. The predicted octanol–water partition coefficient (Wildman–Crippen LogP) is 3.13. The van der Waals surface area contributed by atoms with E-state index in [-0.39, 0.29) is 11.4 Å². The molecule has 1 heterocycles. The molecule has 0 bridgehead atoms. The maximum Gasteiger partial charge on any atom is 0.206 e. The van der Waals surface area contributed by atoms with Crippen LogP contribution in [0.1, 0.15) is 44.1 Å². The number of carbonyl (C=O) groups excluding carboxylic acids is 2. The van der Waals surface area contributed by atoms with Gasteiger partial charge in [-0.3, -0.25) is 14.4 Å². The van der Waals surface area contributed by atoms with Gasteiger partial charge in [-0.1, -0.05) is 24.4 Å². The van der Waals surface area contributed by atoms with Crippen LogP contribution in [-0.4, -0.2) is 70.4 Å². The third-order valence-corrected chi connectivity index (χ3v) is 6.76. The Morgan fingerprint density at radius 3 is 2.73 bits per heavy atom. The van der Waals surface area contributed by atoms with E-state index in [0.29, 0.717) is 44.4 Å². The highest BCUT2D eigenvalue weighted by Gasteiger charge is 2.37. The van der Waals surface area contributed by atoms with Crippen LogP contribution in [0.5, 0.6) is 5.75 Å². The zero-order valence-electron chi connectivity index (χ0n) is 19.8. The number of amides is 1. The van der Waals surface area contributed by atoms with Crippen molar-refractivity contribution in [2.24, 2.45) is 5.92 Å². The van der Waals surface area contributed by atoms with Gasteiger partial charge >= 0.3 is 0 Å². The Hall–Kier alpha value is -1.68. The molecular weight excluding hydrogens is 445 g/mol. The van der Waals surface area contributed by atoms with Crippen LogP contribution >= 0.6 is 11.9 Å². The summed E-state index contributed by atoms with van der Waals surface area (Å²) in [6.07, 6.45) is 8.15. The minimum absolute atomic E-state index is 0.291. The van der Waals surface area contributed by atoms with E-state index in [1.807, 2.05) is 24.1 Å². The molecule has 186 valence electrons. The molecule has 0 aromatic heterocycles. The van der Waals surface area contributed by atoms with Gasteiger partial charge in [-0.15, -0.1) is 0 Å². The molecule has 3 rings (SSSR count). The van der Waals surface area contributed by atoms with Crippen molar-refractivity contribution >= 4 is 24.6 Å². The molecule has 2 N–H and O–H groups in total. The zero-order valence-corrected chi connectivity index (χ0v) is 20.6. The Morgan fingerprint density at radius 1 is 1.30 bits per heavy atom. The number of likely N-dealkylation sites (N-methyl/N-ethyl adjacent to an activating group) is 1. The first-order valence-corrected chi connectivity index (χ1v) is 12.7. The van der Waals surface area contributed by atoms with Crippen LogP contribution in [0.25, 0.3) is 0 Å². The van der Waals surface area contributed by atoms with Gasteiger partial charge in [0, 0.05) is 19.4 Å². The Kier molecular flexibility index (Phi) is 12.8. The van der Waals surface area contributed by atoms with E-state index in [1.54, 1.807) is 19.0 Å². The molecule has 1 aliphatic carbocycles. The Balaban J connectivity index is 0.000000890. The summed E-state index contributed by atoms with van der Waals surface area (Å²) in [5.74, 6) is 1.65. The van der Waals surface area contributed by atoms with E-state index < -0.39 is 0 Å². The lowest BCUT2D eigenvalue weighted by atomic mass is 9.90. The van der Waals surface area contributed by atoms with Gasteiger partial charge < -0.3 is 19.6 Å². The number of carbonyl (C=O) groups is 2. The van der Waals surface area contributed by atoms with E-state index >= 15 is 0 Å². The zero-order chi connectivity index (χ0) is 23.9. The summed E-state index contributed by atoms with van der Waals surface area (Å²) in [6, 6.07) is 5.22. The monoisotopic (exact) mass is 483 g/mol. The van der Waals surface area contributed by atoms with Crippen molar-refractivity contribution in [1.82, 2.24) is 14.9 Å². The second-order valence-electron chi connectivity index (χ2n) is 8.63. The summed E-state index contributed by atoms with van der Waals surface area (Å²) in [6.45, 7) is 3.35. The maximum atomic E-state index is 14.2. The average molecular weight is 484 g/mol. The average Bonchev–Trinajstić information content (AvgIpc) is 3.53. The third-order valence-electron chi connectivity index (χ3n) is 5.73. The number of unbranched alkanes of at least 4 members (excludes halogenated alkanes) is 2. The first-order chi connectivity index (χ1) is 16.0. The molecule has 1 aromatic rings. The van der Waals surface area contributed by atoms with E-state index in [4.69, 9.17) is 14.3 Å². The fraction of sp³-hybridized carbons (Fsp3) is 0.667. The van der Waals surface area contributed by atoms with E-state index in [0.717, 1.165) is 49.8 Å². The Morgan fingerprint density at radius 2 is 2.09 bits per heavy atom. The summed E-state index contributed by atoms with van der Waals surface area (Å²) in [5.41, 5.74) is 0.741. The van der Waals surface area contributed by atoms with E-state index in [9.17, 15) is 9.18 Å². The first-order valence-electron chi connectivity index (χ1n) is 11.7. The van der Waals surface area contributed by atoms with Crippen molar-refractivity contribution in [3.8, 4) is 5.75 Å². The fourth-order valence-corrected chi connectivity index (χ4v) is 4.48. The SMILES string of the molecule is CN(CC=O)CCCCCSNC1(c2ccc(F)c(OCC3CC3)c2)CCOC1.CNC=O. The fourth-order valence-electron chi connectivity index (χ4n) is 3.48. The molecule has 1 amide bonds. The Bertz CT molecular complexity index is 715. The molecule has 0 spiro atoms. The van der Waals surface area contributed by atoms with Gasteiger partial charge in [0.15, 0.2) is 11.6 Å². The molecule has 1 saturated heterocycles. The smallest absolute Gasteiger partial charge is 0.206 e. The topological polar surface area (TPSA) is 79.9 Å². The van der Waals surface area contributed by atoms with Gasteiger partial charge in [0.2, 0.25) is 6.41 Å². The highest BCUT2D eigenvalue weighted by molar-refractivity contribution is 7.97. The largest absolute Gasteiger partial charge is 0.490 e. The van der Waals surface area contributed by atoms with Crippen molar-refractivity contribution in [2.75, 3.05) is 52.8 Å². The summed E-state index contributed by atoms with van der Waals surface area (Å²) in [4.78, 5) is 21.6. The van der Waals surface area contributed by atoms with Crippen LogP contribution in [-0.2, 0) is 19.9 Å². The van der Waals surface area contributed by atoms with E-state index in [2.05, 4.69) is 10.0 Å². The molecular formula is C24H38FN3O4S. The second-order valence-corrected chi connectivity index (χ2v) is 9.53. The summed E-state index contributed by atoms with van der Waals surface area (Å²) < 4.78 is 29.2. The molecule has 2 fully saturated rings. The second kappa shape index (κ2) is 15.3. The number of benzene rings is 1. The number of ether oxygens (including phenoxy) is 2. The molecule has 1 atom stereocenters. The van der Waals surface area contributed by atoms with Crippen LogP contribution in [0.4, 0.5) is 4.39 Å². The quantitative estimate of drug-likeness (QED) is 0.225. The minimum atomic E-state index is -0.296. The molecule has 1 aromatic carbocycles. The van der Waals surface area contributed by atoms with Gasteiger partial charge in [0.25, 0.3) is 0 Å². The standard InChI is InChI=1S/C22H33FN2O3S.C2H5NO/c1-25(11-12-26)10-3-2-4-14-29-24-22(9-13-27-17-22)19-7-8-20(23)21(15-19)28-16-18-5-6-18;1-3-2-4/h7-8,12,15,18,24H,2-6,9-11,13-14,16-17H2,1H3;2H,1H3,(H,3,4). The lowest BCUT2D eigenvalue weighted by molar-refractivity contribution is -0.109. The van der Waals surface area contributed by atoms with Gasteiger partial charge in [-0.2, -0.15) is 0 Å². The molecule has 1 aliphatic heterocycles. The normalized spacial score (nSPS) is 19.6. The molecule has 9 heteroatoms. The van der Waals surface area contributed by atoms with Crippen molar-refractivity contribution < 1.29 is 23.5 Å². The summed E-state index contributed by atoms with van der Waals surface area (Å²) in [5, 5.41) is 2.25. The molecule has 1 saturated carbocycles. The van der Waals surface area contributed by atoms with Crippen molar-refractivity contribution in [2.45, 2.75) is 44.1 Å². The van der Waals surface area contributed by atoms with Crippen LogP contribution in [0, 0.1) is 11.7 Å². The van der Waals surface area contributed by atoms with Crippen LogP contribution < -0.4 is 14.8 Å². The number of rotatable bonds is 15. The van der Waals surface area contributed by atoms with Crippen LogP contribution in [0.3, 0.4) is 0 Å². The molecule has 0 radical (unpaired) electrons. The summed E-state index contributed by atoms with van der Waals surface area (Å²) in [7, 11) is 3.53. The number of aldehydes is 1. The predicted molar refractivity (Wildman–Crippen MR) is 130 cm³/mol. The first kappa shape index (κ1) is 27.6. The third kappa shape index (κ3) is 10.00. The van der Waals surface area contributed by atoms with Gasteiger partial charge in [-0.25, -0.2) is 4.39 Å². The van der Waals surface area contributed by atoms with Gasteiger partial charge in [0.1, 0.15) is 6.29 Å². The van der Waals surface area contributed by atoms with Crippen LogP contribution in [0.2, 0.25) is 0 Å². The molecule has 1 unspecified atom stereocenters. The Labute approximate surface area is 201 Å². The van der Waals surface area contributed by atoms with Crippen molar-refractivity contribution in [3.63, 3.8) is 0 Å². The van der Waals surface area contributed by atoms with Gasteiger partial charge in [-0.05, 0) is 69.3 Å². The van der Waals surface area contributed by atoms with Gasteiger partial charge in [0.05, 0.1) is 25.3 Å². The maximum absolute atomic E-state index is 14.2. The number of halogens is 1. The number of nitrogens with zero attached hydrogens (tertiary/aromatic N) is 1. The molecule has 2 aliphatic rings. The highest BCUT2D eigenvalue weighted by Crippen LogP contribution is 2.36. The molecule has 33 heavy (non-hydrogen) atoms. The molecule has 7 nitrogen and oxygen atoms in total. The van der Waals surface area contributed by atoms with Crippen molar-refractivity contribution in [1.29, 1.82) is 0 Å². The number of hydrogen-bond acceptors (Lipinski definition) is 7. The van der Waals surface area contributed by atoms with Crippen LogP contribution in [0.15, 0.2) is 18.2 Å². The summed E-state index contributed by atoms with van der Waals surface area (Å²) >= 11 is 1.72. The van der Waals surface area contributed by atoms with Crippen molar-refractivity contribution in [3.05, 3.63) is 29.6 Å². The number of nitrogens with one attached hydrogen (secondary N) is 2. The number of hydrogen-bond donors (Lipinski definition) is 2. The van der Waals surface area contributed by atoms with E-state index in [1.165, 1.54) is 18.9 Å². The lowest BCUT2D eigenvalue weighted by Crippen LogP contribution is -2.39. The lowest BCUT2D eigenvalue weighted by Gasteiger charge is -2.29. The minimum Gasteiger partial charge on any atom is -0.490 e.